The maximum absolute atomic E-state index is 11.1. The molecule has 1 aromatic carbocycles. The summed E-state index contributed by atoms with van der Waals surface area (Å²) in [5.74, 6) is -0.667. The summed E-state index contributed by atoms with van der Waals surface area (Å²) < 4.78 is 0. The lowest BCUT2D eigenvalue weighted by Crippen LogP contribution is -2.26. The van der Waals surface area contributed by atoms with Crippen molar-refractivity contribution in [2.24, 2.45) is 0 Å². The predicted molar refractivity (Wildman–Crippen MR) is 74.3 cm³/mol. The molecule has 0 radical (unpaired) electrons. The van der Waals surface area contributed by atoms with E-state index in [0.29, 0.717) is 16.6 Å². The Hall–Kier alpha value is -2.41. The number of nitrogens with zero attached hydrogens (tertiary/aromatic N) is 3. The molecule has 0 aliphatic heterocycles. The van der Waals surface area contributed by atoms with Gasteiger partial charge in [0, 0.05) is 18.6 Å². The van der Waals surface area contributed by atoms with Crippen molar-refractivity contribution in [1.82, 2.24) is 4.98 Å². The fourth-order valence-corrected chi connectivity index (χ4v) is 2.20. The standard InChI is InChI=1S/C12H10ClN3O4/c1-15(6-10(17)18)12-8-2-3-9(13)11(16(19)20)7(8)4-5-14-12/h2-5H,6H2,1H3,(H,17,18). The van der Waals surface area contributed by atoms with Crippen molar-refractivity contribution in [3.63, 3.8) is 0 Å². The molecule has 7 nitrogen and oxygen atoms in total. The molecule has 0 saturated carbocycles. The summed E-state index contributed by atoms with van der Waals surface area (Å²) in [6.07, 6.45) is 1.39. The molecule has 0 aliphatic carbocycles. The third-order valence-electron chi connectivity index (χ3n) is 2.76. The molecular weight excluding hydrogens is 286 g/mol. The lowest BCUT2D eigenvalue weighted by atomic mass is 10.1. The number of benzene rings is 1. The van der Waals surface area contributed by atoms with Gasteiger partial charge in [-0.15, -0.1) is 0 Å². The van der Waals surface area contributed by atoms with Crippen LogP contribution in [0.4, 0.5) is 11.5 Å². The second-order valence-corrected chi connectivity index (χ2v) is 4.54. The monoisotopic (exact) mass is 295 g/mol. The number of carboxylic acids is 1. The molecule has 1 aromatic heterocycles. The summed E-state index contributed by atoms with van der Waals surface area (Å²) in [7, 11) is 1.55. The van der Waals surface area contributed by atoms with Crippen LogP contribution in [0, 0.1) is 10.1 Å². The second kappa shape index (κ2) is 5.30. The van der Waals surface area contributed by atoms with Gasteiger partial charge in [-0.05, 0) is 18.2 Å². The molecule has 104 valence electrons. The number of carboxylic acid groups (broad SMARTS) is 1. The van der Waals surface area contributed by atoms with Gasteiger partial charge in [-0.3, -0.25) is 14.9 Å². The molecular formula is C12H10ClN3O4. The Morgan fingerprint density at radius 1 is 1.45 bits per heavy atom. The molecule has 1 N–H and O–H groups in total. The molecule has 0 spiro atoms. The molecule has 0 bridgehead atoms. The van der Waals surface area contributed by atoms with Crippen molar-refractivity contribution in [1.29, 1.82) is 0 Å². The number of anilines is 1. The maximum atomic E-state index is 11.1. The number of fused-ring (bicyclic) bond motifs is 1. The number of nitro benzene ring substituents is 1. The van der Waals surface area contributed by atoms with Crippen molar-refractivity contribution < 1.29 is 14.8 Å². The number of hydrogen-bond acceptors (Lipinski definition) is 5. The van der Waals surface area contributed by atoms with Crippen LogP contribution in [-0.2, 0) is 4.79 Å². The highest BCUT2D eigenvalue weighted by molar-refractivity contribution is 6.34. The van der Waals surface area contributed by atoms with Crippen molar-refractivity contribution >= 4 is 39.8 Å². The summed E-state index contributed by atoms with van der Waals surface area (Å²) in [6.45, 7) is -0.261. The third kappa shape index (κ3) is 2.48. The predicted octanol–water partition coefficient (Wildman–Crippen LogP) is 2.32. The van der Waals surface area contributed by atoms with Gasteiger partial charge in [-0.1, -0.05) is 11.6 Å². The zero-order valence-electron chi connectivity index (χ0n) is 10.4. The molecule has 0 saturated heterocycles. The van der Waals surface area contributed by atoms with Gasteiger partial charge in [0.05, 0.1) is 10.3 Å². The average molecular weight is 296 g/mol. The highest BCUT2D eigenvalue weighted by atomic mass is 35.5. The van der Waals surface area contributed by atoms with Gasteiger partial charge in [0.25, 0.3) is 5.69 Å². The minimum atomic E-state index is -1.02. The number of pyridine rings is 1. The Bertz CT molecular complexity index is 704. The molecule has 20 heavy (non-hydrogen) atoms. The van der Waals surface area contributed by atoms with Crippen LogP contribution < -0.4 is 4.90 Å². The van der Waals surface area contributed by atoms with Gasteiger partial charge in [-0.2, -0.15) is 0 Å². The smallest absolute Gasteiger partial charge is 0.323 e. The first-order valence-electron chi connectivity index (χ1n) is 5.56. The van der Waals surface area contributed by atoms with Crippen LogP contribution in [0.15, 0.2) is 24.4 Å². The quantitative estimate of drug-likeness (QED) is 0.687. The van der Waals surface area contributed by atoms with Gasteiger partial charge in [0.15, 0.2) is 0 Å². The van der Waals surface area contributed by atoms with Crippen molar-refractivity contribution in [2.45, 2.75) is 0 Å². The number of aliphatic carboxylic acids is 1. The Labute approximate surface area is 118 Å². The van der Waals surface area contributed by atoms with Gasteiger partial charge in [-0.25, -0.2) is 4.98 Å². The number of aromatic nitrogens is 1. The molecule has 0 aliphatic rings. The summed E-state index contributed by atoms with van der Waals surface area (Å²) in [4.78, 5) is 26.8. The minimum absolute atomic E-state index is 0.0283. The highest BCUT2D eigenvalue weighted by Gasteiger charge is 2.20. The molecule has 0 fully saturated rings. The van der Waals surface area contributed by atoms with Gasteiger partial charge >= 0.3 is 5.97 Å². The molecule has 0 unspecified atom stereocenters. The number of nitro groups is 1. The van der Waals surface area contributed by atoms with Crippen LogP contribution in [0.3, 0.4) is 0 Å². The van der Waals surface area contributed by atoms with Crippen LogP contribution >= 0.6 is 11.6 Å². The number of likely N-dealkylation sites (N-methyl/N-ethyl adjacent to an activating group) is 1. The minimum Gasteiger partial charge on any atom is -0.480 e. The number of rotatable bonds is 4. The summed E-state index contributed by atoms with van der Waals surface area (Å²) >= 11 is 5.84. The van der Waals surface area contributed by atoms with E-state index in [0.717, 1.165) is 0 Å². The number of carbonyl (C=O) groups is 1. The summed E-state index contributed by atoms with van der Waals surface area (Å²) in [5.41, 5.74) is -0.212. The first-order chi connectivity index (χ1) is 9.41. The fourth-order valence-electron chi connectivity index (χ4n) is 1.96. The van der Waals surface area contributed by atoms with Gasteiger partial charge in [0.1, 0.15) is 17.4 Å². The van der Waals surface area contributed by atoms with E-state index in [1.165, 1.54) is 23.2 Å². The molecule has 2 aromatic rings. The molecule has 1 heterocycles. The van der Waals surface area contributed by atoms with Crippen molar-refractivity contribution in [3.8, 4) is 0 Å². The maximum Gasteiger partial charge on any atom is 0.323 e. The average Bonchev–Trinajstić information content (AvgIpc) is 2.36. The van der Waals surface area contributed by atoms with E-state index < -0.39 is 10.9 Å². The normalized spacial score (nSPS) is 10.5. The molecule has 0 atom stereocenters. The van der Waals surface area contributed by atoms with Crippen LogP contribution in [0.1, 0.15) is 0 Å². The third-order valence-corrected chi connectivity index (χ3v) is 3.07. The lowest BCUT2D eigenvalue weighted by molar-refractivity contribution is -0.382. The van der Waals surface area contributed by atoms with E-state index in [9.17, 15) is 14.9 Å². The van der Waals surface area contributed by atoms with Gasteiger partial charge < -0.3 is 10.0 Å². The van der Waals surface area contributed by atoms with E-state index in [4.69, 9.17) is 16.7 Å². The van der Waals surface area contributed by atoms with Gasteiger partial charge in [0.2, 0.25) is 0 Å². The Kier molecular flexibility index (Phi) is 3.71. The largest absolute Gasteiger partial charge is 0.480 e. The molecule has 2 rings (SSSR count). The lowest BCUT2D eigenvalue weighted by Gasteiger charge is -2.17. The van der Waals surface area contributed by atoms with Crippen molar-refractivity contribution in [2.75, 3.05) is 18.5 Å². The Balaban J connectivity index is 2.68. The molecule has 8 heteroatoms. The van der Waals surface area contributed by atoms with E-state index in [-0.39, 0.29) is 17.3 Å². The zero-order valence-corrected chi connectivity index (χ0v) is 11.2. The van der Waals surface area contributed by atoms with E-state index in [2.05, 4.69) is 4.98 Å². The van der Waals surface area contributed by atoms with Crippen LogP contribution in [0.2, 0.25) is 5.02 Å². The Morgan fingerprint density at radius 2 is 2.15 bits per heavy atom. The molecule has 0 amide bonds. The first-order valence-corrected chi connectivity index (χ1v) is 5.94. The van der Waals surface area contributed by atoms with Crippen LogP contribution in [0.25, 0.3) is 10.8 Å². The Morgan fingerprint density at radius 3 is 2.75 bits per heavy atom. The first kappa shape index (κ1) is 14.0. The summed E-state index contributed by atoms with van der Waals surface area (Å²) in [5, 5.41) is 20.7. The SMILES string of the molecule is CN(CC(=O)O)c1nccc2c([N+](=O)[O-])c(Cl)ccc12. The van der Waals surface area contributed by atoms with E-state index in [1.54, 1.807) is 13.1 Å². The zero-order chi connectivity index (χ0) is 14.9. The van der Waals surface area contributed by atoms with Crippen LogP contribution in [-0.4, -0.2) is 34.6 Å². The second-order valence-electron chi connectivity index (χ2n) is 4.13. The fraction of sp³-hybridized carbons (Fsp3) is 0.167. The van der Waals surface area contributed by atoms with Crippen LogP contribution in [0.5, 0.6) is 0 Å². The van der Waals surface area contributed by atoms with E-state index in [1.807, 2.05) is 0 Å². The number of hydrogen-bond donors (Lipinski definition) is 1. The van der Waals surface area contributed by atoms with E-state index >= 15 is 0 Å². The highest BCUT2D eigenvalue weighted by Crippen LogP contribution is 2.35. The van der Waals surface area contributed by atoms with Crippen molar-refractivity contribution in [3.05, 3.63) is 39.5 Å². The summed E-state index contributed by atoms with van der Waals surface area (Å²) in [6, 6.07) is 4.48. The topological polar surface area (TPSA) is 96.6 Å². The number of halogens is 1.